The van der Waals surface area contributed by atoms with Gasteiger partial charge in [0.25, 0.3) is 11.6 Å². The lowest BCUT2D eigenvalue weighted by Gasteiger charge is -2.06. The summed E-state index contributed by atoms with van der Waals surface area (Å²) in [6, 6.07) is 7.42. The molecule has 0 spiro atoms. The number of nitrogens with zero attached hydrogens (tertiary/aromatic N) is 2. The standard InChI is InChI=1S/C13H10ClN3O3/c14-10-1-2-11(12(7-10)17(19)20)13(18)16-8-9-3-5-15-6-4-9/h1-7H,8H2,(H,16,18). The van der Waals surface area contributed by atoms with Gasteiger partial charge < -0.3 is 5.32 Å². The molecule has 0 aliphatic carbocycles. The van der Waals surface area contributed by atoms with Gasteiger partial charge in [0.1, 0.15) is 5.56 Å². The van der Waals surface area contributed by atoms with Crippen LogP contribution in [0.5, 0.6) is 0 Å². The van der Waals surface area contributed by atoms with E-state index < -0.39 is 10.8 Å². The average molecular weight is 292 g/mol. The topological polar surface area (TPSA) is 85.1 Å². The number of halogens is 1. The van der Waals surface area contributed by atoms with Gasteiger partial charge in [-0.1, -0.05) is 11.6 Å². The molecule has 6 nitrogen and oxygen atoms in total. The normalized spacial score (nSPS) is 10.1. The molecule has 0 fully saturated rings. The number of nitrogens with one attached hydrogen (secondary N) is 1. The lowest BCUT2D eigenvalue weighted by molar-refractivity contribution is -0.385. The van der Waals surface area contributed by atoms with Crippen LogP contribution >= 0.6 is 11.6 Å². The zero-order valence-electron chi connectivity index (χ0n) is 10.2. The van der Waals surface area contributed by atoms with Crippen LogP contribution in [-0.2, 0) is 6.54 Å². The molecule has 2 aromatic rings. The van der Waals surface area contributed by atoms with Crippen molar-refractivity contribution in [3.8, 4) is 0 Å². The SMILES string of the molecule is O=C(NCc1ccncc1)c1ccc(Cl)cc1[N+](=O)[O-]. The minimum absolute atomic E-state index is 0.0199. The quantitative estimate of drug-likeness (QED) is 0.693. The van der Waals surface area contributed by atoms with Crippen molar-refractivity contribution in [2.24, 2.45) is 0 Å². The number of benzene rings is 1. The van der Waals surface area contributed by atoms with Crippen molar-refractivity contribution < 1.29 is 9.72 Å². The maximum atomic E-state index is 12.0. The van der Waals surface area contributed by atoms with Crippen molar-refractivity contribution in [3.05, 3.63) is 69.0 Å². The number of pyridine rings is 1. The molecular formula is C13H10ClN3O3. The van der Waals surface area contributed by atoms with Gasteiger partial charge in [0.2, 0.25) is 0 Å². The monoisotopic (exact) mass is 291 g/mol. The van der Waals surface area contributed by atoms with E-state index in [1.807, 2.05) is 0 Å². The Morgan fingerprint density at radius 1 is 1.30 bits per heavy atom. The Morgan fingerprint density at radius 2 is 2.00 bits per heavy atom. The first kappa shape index (κ1) is 14.0. The van der Waals surface area contributed by atoms with E-state index in [0.29, 0.717) is 0 Å². The minimum Gasteiger partial charge on any atom is -0.348 e. The molecule has 102 valence electrons. The molecule has 0 saturated heterocycles. The molecule has 0 atom stereocenters. The van der Waals surface area contributed by atoms with Gasteiger partial charge in [-0.15, -0.1) is 0 Å². The van der Waals surface area contributed by atoms with Gasteiger partial charge in [0.15, 0.2) is 0 Å². The van der Waals surface area contributed by atoms with Gasteiger partial charge in [0, 0.05) is 30.0 Å². The first-order valence-corrected chi connectivity index (χ1v) is 6.07. The maximum absolute atomic E-state index is 12.0. The van der Waals surface area contributed by atoms with Crippen molar-refractivity contribution >= 4 is 23.2 Å². The summed E-state index contributed by atoms with van der Waals surface area (Å²) in [5, 5.41) is 13.7. The van der Waals surface area contributed by atoms with Gasteiger partial charge in [-0.25, -0.2) is 0 Å². The highest BCUT2D eigenvalue weighted by atomic mass is 35.5. The first-order chi connectivity index (χ1) is 9.58. The van der Waals surface area contributed by atoms with E-state index in [1.54, 1.807) is 24.5 Å². The lowest BCUT2D eigenvalue weighted by Crippen LogP contribution is -2.23. The molecule has 0 aliphatic rings. The third-order valence-electron chi connectivity index (χ3n) is 2.60. The van der Waals surface area contributed by atoms with Crippen LogP contribution in [0.3, 0.4) is 0 Å². The van der Waals surface area contributed by atoms with Gasteiger partial charge >= 0.3 is 0 Å². The molecule has 0 unspecified atom stereocenters. The van der Waals surface area contributed by atoms with Crippen molar-refractivity contribution in [2.75, 3.05) is 0 Å². The van der Waals surface area contributed by atoms with Crippen LogP contribution in [0.25, 0.3) is 0 Å². The predicted octanol–water partition coefficient (Wildman–Crippen LogP) is 2.57. The van der Waals surface area contributed by atoms with Crippen molar-refractivity contribution in [1.82, 2.24) is 10.3 Å². The molecule has 20 heavy (non-hydrogen) atoms. The van der Waals surface area contributed by atoms with Crippen LogP contribution in [0.4, 0.5) is 5.69 Å². The van der Waals surface area contributed by atoms with E-state index in [9.17, 15) is 14.9 Å². The van der Waals surface area contributed by atoms with Gasteiger partial charge in [-0.2, -0.15) is 0 Å². The fraction of sp³-hybridized carbons (Fsp3) is 0.0769. The van der Waals surface area contributed by atoms with Crippen LogP contribution in [0, 0.1) is 10.1 Å². The number of amides is 1. The Balaban J connectivity index is 2.15. The second-order valence-corrected chi connectivity index (χ2v) is 4.39. The van der Waals surface area contributed by atoms with E-state index in [4.69, 9.17) is 11.6 Å². The van der Waals surface area contributed by atoms with Crippen LogP contribution in [0.2, 0.25) is 5.02 Å². The van der Waals surface area contributed by atoms with E-state index in [1.165, 1.54) is 12.1 Å². The van der Waals surface area contributed by atoms with E-state index in [0.717, 1.165) is 11.6 Å². The van der Waals surface area contributed by atoms with Crippen LogP contribution in [0.15, 0.2) is 42.7 Å². The van der Waals surface area contributed by atoms with E-state index in [2.05, 4.69) is 10.3 Å². The molecule has 1 heterocycles. The summed E-state index contributed by atoms with van der Waals surface area (Å²) in [6.45, 7) is 0.265. The van der Waals surface area contributed by atoms with Crippen molar-refractivity contribution in [2.45, 2.75) is 6.54 Å². The molecule has 0 aliphatic heterocycles. The van der Waals surface area contributed by atoms with Crippen molar-refractivity contribution in [3.63, 3.8) is 0 Å². The third-order valence-corrected chi connectivity index (χ3v) is 2.84. The highest BCUT2D eigenvalue weighted by molar-refractivity contribution is 6.31. The minimum atomic E-state index is -0.632. The summed E-state index contributed by atoms with van der Waals surface area (Å²) in [4.78, 5) is 26.1. The van der Waals surface area contributed by atoms with Crippen LogP contribution < -0.4 is 5.32 Å². The van der Waals surface area contributed by atoms with Crippen molar-refractivity contribution in [1.29, 1.82) is 0 Å². The Labute approximate surface area is 119 Å². The van der Waals surface area contributed by atoms with E-state index >= 15 is 0 Å². The van der Waals surface area contributed by atoms with Gasteiger partial charge in [-0.3, -0.25) is 19.9 Å². The van der Waals surface area contributed by atoms with Crippen LogP contribution in [0.1, 0.15) is 15.9 Å². The van der Waals surface area contributed by atoms with Gasteiger partial charge in [0.05, 0.1) is 4.92 Å². The summed E-state index contributed by atoms with van der Waals surface area (Å²) in [5.41, 5.74) is 0.517. The third kappa shape index (κ3) is 3.30. The predicted molar refractivity (Wildman–Crippen MR) is 73.5 cm³/mol. The number of hydrogen-bond acceptors (Lipinski definition) is 4. The molecule has 1 aromatic carbocycles. The smallest absolute Gasteiger partial charge is 0.283 e. The van der Waals surface area contributed by atoms with E-state index in [-0.39, 0.29) is 22.8 Å². The second-order valence-electron chi connectivity index (χ2n) is 3.96. The zero-order chi connectivity index (χ0) is 14.5. The highest BCUT2D eigenvalue weighted by Gasteiger charge is 2.20. The number of rotatable bonds is 4. The fourth-order valence-electron chi connectivity index (χ4n) is 1.63. The summed E-state index contributed by atoms with van der Waals surface area (Å²) in [6.07, 6.45) is 3.21. The molecule has 1 aromatic heterocycles. The largest absolute Gasteiger partial charge is 0.348 e. The number of nitro groups is 1. The Kier molecular flexibility index (Phi) is 4.27. The number of carbonyl (C=O) groups excluding carboxylic acids is 1. The lowest BCUT2D eigenvalue weighted by atomic mass is 10.1. The average Bonchev–Trinajstić information content (AvgIpc) is 2.45. The summed E-state index contributed by atoms with van der Waals surface area (Å²) in [5.74, 6) is -0.523. The highest BCUT2D eigenvalue weighted by Crippen LogP contribution is 2.23. The molecule has 0 radical (unpaired) electrons. The summed E-state index contributed by atoms with van der Waals surface area (Å²) < 4.78 is 0. The molecular weight excluding hydrogens is 282 g/mol. The fourth-order valence-corrected chi connectivity index (χ4v) is 1.79. The Hall–Kier alpha value is -2.47. The number of hydrogen-bond donors (Lipinski definition) is 1. The number of aromatic nitrogens is 1. The summed E-state index contributed by atoms with van der Waals surface area (Å²) in [7, 11) is 0. The zero-order valence-corrected chi connectivity index (χ0v) is 11.0. The first-order valence-electron chi connectivity index (χ1n) is 5.69. The number of carbonyl (C=O) groups is 1. The molecule has 7 heteroatoms. The molecule has 1 N–H and O–H groups in total. The Bertz CT molecular complexity index is 647. The number of nitro benzene ring substituents is 1. The van der Waals surface area contributed by atoms with Crippen LogP contribution in [-0.4, -0.2) is 15.8 Å². The molecule has 1 amide bonds. The summed E-state index contributed by atoms with van der Waals surface area (Å²) >= 11 is 5.70. The maximum Gasteiger partial charge on any atom is 0.283 e. The Morgan fingerprint density at radius 3 is 2.65 bits per heavy atom. The molecule has 0 bridgehead atoms. The molecule has 0 saturated carbocycles. The molecule has 2 rings (SSSR count). The van der Waals surface area contributed by atoms with Gasteiger partial charge in [-0.05, 0) is 29.8 Å². The second kappa shape index (κ2) is 6.12.